The molecule has 4 rings (SSSR count). The number of hydrogen-bond acceptors (Lipinski definition) is 4. The van der Waals surface area contributed by atoms with Crippen molar-refractivity contribution in [1.82, 2.24) is 4.90 Å². The van der Waals surface area contributed by atoms with E-state index in [1.54, 1.807) is 53.4 Å². The van der Waals surface area contributed by atoms with Crippen LogP contribution in [0.1, 0.15) is 5.56 Å². The van der Waals surface area contributed by atoms with Crippen LogP contribution in [0.4, 0.5) is 15.8 Å². The van der Waals surface area contributed by atoms with Gasteiger partial charge in [0.15, 0.2) is 0 Å². The molecule has 6 nitrogen and oxygen atoms in total. The molecule has 3 aromatic carbocycles. The van der Waals surface area contributed by atoms with E-state index in [-0.39, 0.29) is 23.2 Å². The summed E-state index contributed by atoms with van der Waals surface area (Å²) in [7, 11) is -3.93. The zero-order valence-electron chi connectivity index (χ0n) is 18.4. The van der Waals surface area contributed by atoms with Crippen LogP contribution in [0.3, 0.4) is 0 Å². The van der Waals surface area contributed by atoms with Crippen LogP contribution in [0, 0.1) is 12.7 Å². The number of anilines is 2. The summed E-state index contributed by atoms with van der Waals surface area (Å²) >= 11 is 0. The fourth-order valence-corrected chi connectivity index (χ4v) is 5.31. The van der Waals surface area contributed by atoms with Crippen LogP contribution in [0.15, 0.2) is 83.8 Å². The van der Waals surface area contributed by atoms with Gasteiger partial charge in [0.2, 0.25) is 5.91 Å². The Bertz CT molecular complexity index is 1210. The lowest BCUT2D eigenvalue weighted by Crippen LogP contribution is -2.52. The van der Waals surface area contributed by atoms with Crippen LogP contribution in [0.5, 0.6) is 0 Å². The summed E-state index contributed by atoms with van der Waals surface area (Å²) in [6.07, 6.45) is 0. The van der Waals surface area contributed by atoms with Crippen molar-refractivity contribution in [1.29, 1.82) is 0 Å². The maximum atomic E-state index is 14.1. The predicted octanol–water partition coefficient (Wildman–Crippen LogP) is 3.68. The van der Waals surface area contributed by atoms with Crippen LogP contribution in [-0.2, 0) is 14.8 Å². The molecule has 0 aromatic heterocycles. The fraction of sp³-hybridized carbons (Fsp3) is 0.240. The number of halogens is 1. The Morgan fingerprint density at radius 3 is 2.12 bits per heavy atom. The molecule has 8 heteroatoms. The van der Waals surface area contributed by atoms with E-state index in [1.807, 2.05) is 24.0 Å². The molecule has 1 amide bonds. The monoisotopic (exact) mass is 467 g/mol. The van der Waals surface area contributed by atoms with Crippen molar-refractivity contribution >= 4 is 27.3 Å². The largest absolute Gasteiger partial charge is 0.366 e. The maximum absolute atomic E-state index is 14.1. The molecular formula is C25H26FN3O3S. The summed E-state index contributed by atoms with van der Waals surface area (Å²) in [6, 6.07) is 21.7. The summed E-state index contributed by atoms with van der Waals surface area (Å²) < 4.78 is 42.1. The number of nitrogens with zero attached hydrogens (tertiary/aromatic N) is 3. The number of carbonyl (C=O) groups is 1. The molecule has 172 valence electrons. The molecule has 0 unspecified atom stereocenters. The topological polar surface area (TPSA) is 60.9 Å². The van der Waals surface area contributed by atoms with E-state index < -0.39 is 10.0 Å². The van der Waals surface area contributed by atoms with Crippen molar-refractivity contribution in [2.45, 2.75) is 11.8 Å². The first-order valence-corrected chi connectivity index (χ1v) is 12.2. The molecule has 0 atom stereocenters. The SMILES string of the molecule is Cc1ccc(N(CC(=O)N2CCN(c3ccccc3F)CC2)S(=O)(=O)c2ccccc2)cc1. The third kappa shape index (κ3) is 5.01. The Morgan fingerprint density at radius 1 is 0.879 bits per heavy atom. The van der Waals surface area contributed by atoms with Crippen LogP contribution in [-0.4, -0.2) is 51.9 Å². The number of carbonyl (C=O) groups excluding carboxylic acids is 1. The van der Waals surface area contributed by atoms with Crippen molar-refractivity contribution in [2.24, 2.45) is 0 Å². The van der Waals surface area contributed by atoms with Gasteiger partial charge >= 0.3 is 0 Å². The van der Waals surface area contributed by atoms with E-state index in [9.17, 15) is 17.6 Å². The van der Waals surface area contributed by atoms with Gasteiger partial charge in [-0.3, -0.25) is 9.10 Å². The molecule has 1 heterocycles. The fourth-order valence-electron chi connectivity index (χ4n) is 3.87. The first kappa shape index (κ1) is 22.8. The molecule has 1 fully saturated rings. The van der Waals surface area contributed by atoms with Gasteiger partial charge in [0, 0.05) is 26.2 Å². The number of hydrogen-bond donors (Lipinski definition) is 0. The zero-order chi connectivity index (χ0) is 23.4. The number of aryl methyl sites for hydroxylation is 1. The average Bonchev–Trinajstić information content (AvgIpc) is 2.84. The summed E-state index contributed by atoms with van der Waals surface area (Å²) in [4.78, 5) is 16.8. The second-order valence-corrected chi connectivity index (χ2v) is 9.84. The van der Waals surface area contributed by atoms with Crippen LogP contribution >= 0.6 is 0 Å². The molecule has 0 saturated carbocycles. The molecule has 3 aromatic rings. The van der Waals surface area contributed by atoms with Gasteiger partial charge in [0.25, 0.3) is 10.0 Å². The minimum absolute atomic E-state index is 0.128. The molecule has 0 aliphatic carbocycles. The lowest BCUT2D eigenvalue weighted by molar-refractivity contribution is -0.129. The van der Waals surface area contributed by atoms with Crippen LogP contribution < -0.4 is 9.21 Å². The minimum atomic E-state index is -3.93. The van der Waals surface area contributed by atoms with Gasteiger partial charge < -0.3 is 9.80 Å². The van der Waals surface area contributed by atoms with E-state index in [0.29, 0.717) is 37.6 Å². The van der Waals surface area contributed by atoms with Crippen molar-refractivity contribution in [3.63, 3.8) is 0 Å². The number of para-hydroxylation sites is 1. The number of sulfonamides is 1. The van der Waals surface area contributed by atoms with Gasteiger partial charge in [0.05, 0.1) is 16.3 Å². The smallest absolute Gasteiger partial charge is 0.264 e. The Balaban J connectivity index is 1.53. The van der Waals surface area contributed by atoms with Crippen LogP contribution in [0.2, 0.25) is 0 Å². The highest BCUT2D eigenvalue weighted by Crippen LogP contribution is 2.25. The second-order valence-electron chi connectivity index (χ2n) is 7.98. The van der Waals surface area contributed by atoms with Gasteiger partial charge in [0.1, 0.15) is 12.4 Å². The third-order valence-corrected chi connectivity index (χ3v) is 7.55. The predicted molar refractivity (Wildman–Crippen MR) is 127 cm³/mol. The van der Waals surface area contributed by atoms with E-state index in [1.165, 1.54) is 18.2 Å². The Labute approximate surface area is 193 Å². The molecule has 1 aliphatic rings. The highest BCUT2D eigenvalue weighted by Gasteiger charge is 2.30. The second kappa shape index (κ2) is 9.62. The van der Waals surface area contributed by atoms with Gasteiger partial charge in [-0.05, 0) is 43.3 Å². The van der Waals surface area contributed by atoms with E-state index in [4.69, 9.17) is 0 Å². The Kier molecular flexibility index (Phi) is 6.65. The minimum Gasteiger partial charge on any atom is -0.366 e. The van der Waals surface area contributed by atoms with Gasteiger partial charge in [-0.25, -0.2) is 12.8 Å². The highest BCUT2D eigenvalue weighted by molar-refractivity contribution is 7.92. The summed E-state index contributed by atoms with van der Waals surface area (Å²) in [5, 5.41) is 0. The number of piperazine rings is 1. The van der Waals surface area contributed by atoms with Crippen molar-refractivity contribution in [3.8, 4) is 0 Å². The number of benzene rings is 3. The Morgan fingerprint density at radius 2 is 1.48 bits per heavy atom. The molecule has 0 spiro atoms. The lowest BCUT2D eigenvalue weighted by atomic mass is 10.2. The maximum Gasteiger partial charge on any atom is 0.264 e. The first-order chi connectivity index (χ1) is 15.9. The molecule has 1 saturated heterocycles. The molecule has 0 radical (unpaired) electrons. The van der Waals surface area contributed by atoms with E-state index >= 15 is 0 Å². The third-order valence-electron chi connectivity index (χ3n) is 5.76. The lowest BCUT2D eigenvalue weighted by Gasteiger charge is -2.37. The molecule has 1 aliphatic heterocycles. The van der Waals surface area contributed by atoms with Crippen molar-refractivity contribution in [3.05, 3.63) is 90.2 Å². The zero-order valence-corrected chi connectivity index (χ0v) is 19.2. The van der Waals surface area contributed by atoms with Crippen molar-refractivity contribution in [2.75, 3.05) is 41.9 Å². The quantitative estimate of drug-likeness (QED) is 0.555. The molecule has 0 N–H and O–H groups in total. The normalized spacial score (nSPS) is 14.2. The number of rotatable bonds is 6. The van der Waals surface area contributed by atoms with Crippen LogP contribution in [0.25, 0.3) is 0 Å². The Hall–Kier alpha value is -3.39. The molecule has 0 bridgehead atoms. The summed E-state index contributed by atoms with van der Waals surface area (Å²) in [5.41, 5.74) is 1.94. The molecule has 33 heavy (non-hydrogen) atoms. The van der Waals surface area contributed by atoms with Crippen molar-refractivity contribution < 1.29 is 17.6 Å². The molecular weight excluding hydrogens is 441 g/mol. The van der Waals surface area contributed by atoms with Gasteiger partial charge in [-0.15, -0.1) is 0 Å². The van der Waals surface area contributed by atoms with E-state index in [0.717, 1.165) is 9.87 Å². The average molecular weight is 468 g/mol. The highest BCUT2D eigenvalue weighted by atomic mass is 32.2. The standard InChI is InChI=1S/C25H26FN3O3S/c1-20-11-13-21(14-12-20)29(33(31,32)22-7-3-2-4-8-22)19-25(30)28-17-15-27(16-18-28)24-10-6-5-9-23(24)26/h2-14H,15-19H2,1H3. The van der Waals surface area contributed by atoms with E-state index in [2.05, 4.69) is 0 Å². The van der Waals surface area contributed by atoms with Gasteiger partial charge in [-0.2, -0.15) is 0 Å². The number of amides is 1. The van der Waals surface area contributed by atoms with Gasteiger partial charge in [-0.1, -0.05) is 48.0 Å². The first-order valence-electron chi connectivity index (χ1n) is 10.8. The summed E-state index contributed by atoms with van der Waals surface area (Å²) in [6.45, 7) is 3.34. The summed E-state index contributed by atoms with van der Waals surface area (Å²) in [5.74, 6) is -0.583.